The zero-order valence-corrected chi connectivity index (χ0v) is 8.43. The van der Waals surface area contributed by atoms with Crippen molar-refractivity contribution in [3.63, 3.8) is 0 Å². The lowest BCUT2D eigenvalue weighted by atomic mass is 10.1. The summed E-state index contributed by atoms with van der Waals surface area (Å²) in [4.78, 5) is 8.23. The number of rotatable bonds is 3. The number of nitrogen functional groups attached to an aromatic ring is 1. The van der Waals surface area contributed by atoms with Crippen LogP contribution in [-0.4, -0.2) is 9.97 Å². The van der Waals surface area contributed by atoms with Crippen molar-refractivity contribution in [2.75, 3.05) is 5.73 Å². The molecule has 2 rings (SSSR count). The highest BCUT2D eigenvalue weighted by atomic mass is 14.8. The van der Waals surface area contributed by atoms with Gasteiger partial charge in [-0.2, -0.15) is 0 Å². The molecule has 0 atom stereocenters. The molecule has 0 aromatic carbocycles. The Kier molecular flexibility index (Phi) is 2.93. The van der Waals surface area contributed by atoms with Gasteiger partial charge in [0.05, 0.1) is 0 Å². The second-order valence-corrected chi connectivity index (χ2v) is 3.41. The third-order valence-corrected chi connectivity index (χ3v) is 2.24. The normalized spacial score (nSPS) is 10.1. The smallest absolute Gasteiger partial charge is 0.123 e. The second kappa shape index (κ2) is 4.55. The Morgan fingerprint density at radius 3 is 2.67 bits per heavy atom. The van der Waals surface area contributed by atoms with Gasteiger partial charge in [0.2, 0.25) is 0 Å². The minimum Gasteiger partial charge on any atom is -0.384 e. The summed E-state index contributed by atoms with van der Waals surface area (Å²) in [5.74, 6) is 0.577. The van der Waals surface area contributed by atoms with Crippen LogP contribution in [0.1, 0.15) is 11.3 Å². The monoisotopic (exact) mass is 199 g/mol. The predicted molar refractivity (Wildman–Crippen MR) is 60.3 cm³/mol. The number of nitrogens with two attached hydrogens (primary N) is 1. The van der Waals surface area contributed by atoms with E-state index in [1.54, 1.807) is 6.20 Å². The molecule has 0 bridgehead atoms. The Labute approximate surface area is 89.0 Å². The zero-order valence-electron chi connectivity index (χ0n) is 8.43. The average Bonchev–Trinajstić information content (AvgIpc) is 2.28. The van der Waals surface area contributed by atoms with Crippen LogP contribution >= 0.6 is 0 Å². The summed E-state index contributed by atoms with van der Waals surface area (Å²) >= 11 is 0. The predicted octanol–water partition coefficient (Wildman–Crippen LogP) is 1.84. The molecule has 2 aromatic rings. The highest BCUT2D eigenvalue weighted by Gasteiger charge is 1.97. The number of anilines is 1. The molecule has 2 aromatic heterocycles. The van der Waals surface area contributed by atoms with Gasteiger partial charge in [0.15, 0.2) is 0 Å². The summed E-state index contributed by atoms with van der Waals surface area (Å²) in [7, 11) is 0. The van der Waals surface area contributed by atoms with E-state index in [0.717, 1.165) is 18.5 Å². The Hall–Kier alpha value is -1.90. The van der Waals surface area contributed by atoms with Gasteiger partial charge in [-0.3, -0.25) is 4.98 Å². The summed E-state index contributed by atoms with van der Waals surface area (Å²) < 4.78 is 0. The molecule has 2 heterocycles. The van der Waals surface area contributed by atoms with E-state index < -0.39 is 0 Å². The highest BCUT2D eigenvalue weighted by molar-refractivity contribution is 5.32. The van der Waals surface area contributed by atoms with E-state index in [2.05, 4.69) is 9.97 Å². The third-order valence-electron chi connectivity index (χ3n) is 2.24. The first-order chi connectivity index (χ1) is 7.34. The first-order valence-corrected chi connectivity index (χ1v) is 4.95. The Bertz CT molecular complexity index is 426. The topological polar surface area (TPSA) is 51.8 Å². The van der Waals surface area contributed by atoms with Crippen molar-refractivity contribution in [2.24, 2.45) is 0 Å². The standard InChI is InChI=1S/C12H13N3/c13-12-9-10(6-8-15-12)4-5-11-3-1-2-7-14-11/h1-3,6-9H,4-5H2,(H2,13,15). The van der Waals surface area contributed by atoms with Crippen LogP contribution in [0, 0.1) is 0 Å². The molecule has 0 radical (unpaired) electrons. The molecule has 76 valence electrons. The van der Waals surface area contributed by atoms with E-state index in [1.165, 1.54) is 5.56 Å². The first kappa shape index (κ1) is 9.65. The molecule has 2 N–H and O–H groups in total. The van der Waals surface area contributed by atoms with Gasteiger partial charge in [0.25, 0.3) is 0 Å². The molecular weight excluding hydrogens is 186 g/mol. The van der Waals surface area contributed by atoms with Crippen LogP contribution in [0.15, 0.2) is 42.7 Å². The van der Waals surface area contributed by atoms with Crippen LogP contribution in [0.25, 0.3) is 0 Å². The summed E-state index contributed by atoms with van der Waals surface area (Å²) in [5, 5.41) is 0. The van der Waals surface area contributed by atoms with E-state index in [-0.39, 0.29) is 0 Å². The van der Waals surface area contributed by atoms with Crippen molar-refractivity contribution < 1.29 is 0 Å². The molecule has 0 fully saturated rings. The van der Waals surface area contributed by atoms with Crippen LogP contribution < -0.4 is 5.73 Å². The molecule has 0 unspecified atom stereocenters. The summed E-state index contributed by atoms with van der Waals surface area (Å²) in [6.07, 6.45) is 5.44. The van der Waals surface area contributed by atoms with Gasteiger partial charge in [0.1, 0.15) is 5.82 Å². The van der Waals surface area contributed by atoms with E-state index in [9.17, 15) is 0 Å². The van der Waals surface area contributed by atoms with Gasteiger partial charge in [-0.1, -0.05) is 6.07 Å². The molecule has 0 aliphatic heterocycles. The molecule has 15 heavy (non-hydrogen) atoms. The van der Waals surface area contributed by atoms with E-state index in [0.29, 0.717) is 5.82 Å². The number of hydrogen-bond donors (Lipinski definition) is 1. The molecule has 3 heteroatoms. The molecule has 0 amide bonds. The van der Waals surface area contributed by atoms with Gasteiger partial charge >= 0.3 is 0 Å². The average molecular weight is 199 g/mol. The summed E-state index contributed by atoms with van der Waals surface area (Å²) in [6, 6.07) is 9.85. The summed E-state index contributed by atoms with van der Waals surface area (Å²) in [6.45, 7) is 0. The highest BCUT2D eigenvalue weighted by Crippen LogP contribution is 2.07. The van der Waals surface area contributed by atoms with Crippen molar-refractivity contribution >= 4 is 5.82 Å². The van der Waals surface area contributed by atoms with Crippen LogP contribution in [0.2, 0.25) is 0 Å². The molecule has 0 aliphatic carbocycles. The minimum atomic E-state index is 0.577. The summed E-state index contributed by atoms with van der Waals surface area (Å²) in [5.41, 5.74) is 7.91. The number of aromatic nitrogens is 2. The van der Waals surface area contributed by atoms with Crippen LogP contribution in [0.3, 0.4) is 0 Å². The van der Waals surface area contributed by atoms with Crippen molar-refractivity contribution in [3.8, 4) is 0 Å². The first-order valence-electron chi connectivity index (χ1n) is 4.95. The van der Waals surface area contributed by atoms with Crippen molar-refractivity contribution in [2.45, 2.75) is 12.8 Å². The van der Waals surface area contributed by atoms with Gasteiger partial charge in [-0.25, -0.2) is 4.98 Å². The second-order valence-electron chi connectivity index (χ2n) is 3.41. The number of hydrogen-bond acceptors (Lipinski definition) is 3. The van der Waals surface area contributed by atoms with Crippen LogP contribution in [0.4, 0.5) is 5.82 Å². The Balaban J connectivity index is 1.99. The molecule has 0 aliphatic rings. The van der Waals surface area contributed by atoms with Crippen molar-refractivity contribution in [1.82, 2.24) is 9.97 Å². The maximum atomic E-state index is 5.60. The molecule has 0 saturated carbocycles. The largest absolute Gasteiger partial charge is 0.384 e. The fourth-order valence-corrected chi connectivity index (χ4v) is 1.47. The van der Waals surface area contributed by atoms with E-state index >= 15 is 0 Å². The van der Waals surface area contributed by atoms with Gasteiger partial charge in [-0.05, 0) is 42.7 Å². The van der Waals surface area contributed by atoms with Gasteiger partial charge < -0.3 is 5.73 Å². The maximum absolute atomic E-state index is 5.60. The lowest BCUT2D eigenvalue weighted by molar-refractivity contribution is 0.911. The third kappa shape index (κ3) is 2.77. The van der Waals surface area contributed by atoms with Gasteiger partial charge in [0, 0.05) is 18.1 Å². The molecule has 0 saturated heterocycles. The molecule has 0 spiro atoms. The zero-order chi connectivity index (χ0) is 10.5. The number of aryl methyl sites for hydroxylation is 2. The Morgan fingerprint density at radius 1 is 1.00 bits per heavy atom. The van der Waals surface area contributed by atoms with Gasteiger partial charge in [-0.15, -0.1) is 0 Å². The Morgan fingerprint density at radius 2 is 1.93 bits per heavy atom. The number of nitrogens with zero attached hydrogens (tertiary/aromatic N) is 2. The molecule has 3 nitrogen and oxygen atoms in total. The minimum absolute atomic E-state index is 0.577. The van der Waals surface area contributed by atoms with Crippen molar-refractivity contribution in [1.29, 1.82) is 0 Å². The SMILES string of the molecule is Nc1cc(CCc2ccccn2)ccn1. The fourth-order valence-electron chi connectivity index (χ4n) is 1.47. The van der Waals surface area contributed by atoms with E-state index in [4.69, 9.17) is 5.73 Å². The lowest BCUT2D eigenvalue weighted by Gasteiger charge is -2.01. The van der Waals surface area contributed by atoms with Crippen LogP contribution in [0.5, 0.6) is 0 Å². The van der Waals surface area contributed by atoms with Crippen LogP contribution in [-0.2, 0) is 12.8 Å². The quantitative estimate of drug-likeness (QED) is 0.820. The maximum Gasteiger partial charge on any atom is 0.123 e. The lowest BCUT2D eigenvalue weighted by Crippen LogP contribution is -1.96. The fraction of sp³-hybridized carbons (Fsp3) is 0.167. The van der Waals surface area contributed by atoms with E-state index in [1.807, 2.05) is 36.5 Å². The van der Waals surface area contributed by atoms with Crippen molar-refractivity contribution in [3.05, 3.63) is 54.0 Å². The molecular formula is C12H13N3. The number of pyridine rings is 2.